The lowest BCUT2D eigenvalue weighted by molar-refractivity contribution is 0.322. The molecule has 0 aliphatic carbocycles. The average Bonchev–Trinajstić information content (AvgIpc) is 3.17. The molecule has 0 radical (unpaired) electrons. The Hall–Kier alpha value is -3.19. The van der Waals surface area contributed by atoms with Gasteiger partial charge in [0.05, 0.1) is 23.5 Å². The Morgan fingerprint density at radius 1 is 1.00 bits per heavy atom. The first-order chi connectivity index (χ1) is 15.2. The van der Waals surface area contributed by atoms with E-state index in [1.165, 1.54) is 11.6 Å². The van der Waals surface area contributed by atoms with Crippen LogP contribution in [0.2, 0.25) is 0 Å². The van der Waals surface area contributed by atoms with E-state index in [1.807, 2.05) is 56.6 Å². The molecule has 0 atom stereocenters. The van der Waals surface area contributed by atoms with Crippen molar-refractivity contribution >= 4 is 10.9 Å². The Morgan fingerprint density at radius 2 is 1.78 bits per heavy atom. The standard InChI is InChI=1S/C25H30FN5O/c1-16-20(17(2)30(5)27-16)11-12-32-25-10-8-19(26)14-21(25)18-7-9-24-22(13-18)23(15-29(3)4)28-31(24)6/h7-10,13-14H,11-12,15H2,1-6H3. The first-order valence-electron chi connectivity index (χ1n) is 10.8. The van der Waals surface area contributed by atoms with Gasteiger partial charge in [-0.05, 0) is 69.4 Å². The Balaban J connectivity index is 1.65. The molecule has 0 spiro atoms. The third kappa shape index (κ3) is 4.25. The summed E-state index contributed by atoms with van der Waals surface area (Å²) in [6, 6.07) is 10.8. The molecule has 2 aromatic heterocycles. The first-order valence-corrected chi connectivity index (χ1v) is 10.8. The monoisotopic (exact) mass is 435 g/mol. The first kappa shape index (κ1) is 22.0. The Kier molecular flexibility index (Phi) is 6.02. The highest BCUT2D eigenvalue weighted by molar-refractivity contribution is 5.88. The molecular weight excluding hydrogens is 405 g/mol. The van der Waals surface area contributed by atoms with Crippen LogP contribution in [-0.2, 0) is 27.1 Å². The van der Waals surface area contributed by atoms with Crippen molar-refractivity contribution in [3.63, 3.8) is 0 Å². The maximum atomic E-state index is 14.2. The molecule has 0 bridgehead atoms. The van der Waals surface area contributed by atoms with Crippen molar-refractivity contribution in [2.45, 2.75) is 26.8 Å². The number of rotatable bonds is 7. The lowest BCUT2D eigenvalue weighted by Gasteiger charge is -2.13. The second-order valence-electron chi connectivity index (χ2n) is 8.55. The Bertz CT molecular complexity index is 1270. The molecule has 0 saturated heterocycles. The van der Waals surface area contributed by atoms with Crippen molar-refractivity contribution in [1.82, 2.24) is 24.5 Å². The topological polar surface area (TPSA) is 48.1 Å². The van der Waals surface area contributed by atoms with E-state index in [2.05, 4.69) is 28.1 Å². The summed E-state index contributed by atoms with van der Waals surface area (Å²) in [5.74, 6) is 0.383. The van der Waals surface area contributed by atoms with Crippen LogP contribution in [0, 0.1) is 19.7 Å². The third-order valence-electron chi connectivity index (χ3n) is 5.91. The van der Waals surface area contributed by atoms with Crippen molar-refractivity contribution in [1.29, 1.82) is 0 Å². The fourth-order valence-corrected chi connectivity index (χ4v) is 4.22. The lowest BCUT2D eigenvalue weighted by atomic mass is 10.0. The van der Waals surface area contributed by atoms with E-state index in [9.17, 15) is 4.39 Å². The van der Waals surface area contributed by atoms with Gasteiger partial charge in [0.1, 0.15) is 11.6 Å². The Labute approximate surface area is 188 Å². The number of hydrogen-bond donors (Lipinski definition) is 0. The fraction of sp³-hybridized carbons (Fsp3) is 0.360. The summed E-state index contributed by atoms with van der Waals surface area (Å²) in [6.07, 6.45) is 0.747. The summed E-state index contributed by atoms with van der Waals surface area (Å²) in [6.45, 7) is 5.30. The van der Waals surface area contributed by atoms with E-state index in [0.29, 0.717) is 12.4 Å². The predicted octanol–water partition coefficient (Wildman–Crippen LogP) is 4.41. The van der Waals surface area contributed by atoms with Gasteiger partial charge in [0.25, 0.3) is 0 Å². The van der Waals surface area contributed by atoms with Gasteiger partial charge in [-0.25, -0.2) is 4.39 Å². The molecule has 168 valence electrons. The fourth-order valence-electron chi connectivity index (χ4n) is 4.22. The number of ether oxygens (including phenoxy) is 1. The van der Waals surface area contributed by atoms with Crippen molar-refractivity contribution in [2.75, 3.05) is 20.7 Å². The highest BCUT2D eigenvalue weighted by Crippen LogP contribution is 2.34. The zero-order valence-electron chi connectivity index (χ0n) is 19.6. The minimum Gasteiger partial charge on any atom is -0.493 e. The van der Waals surface area contributed by atoms with Crippen LogP contribution in [0.15, 0.2) is 36.4 Å². The summed E-state index contributed by atoms with van der Waals surface area (Å²) in [7, 11) is 7.94. The van der Waals surface area contributed by atoms with Gasteiger partial charge in [-0.1, -0.05) is 6.07 Å². The number of nitrogens with zero attached hydrogens (tertiary/aromatic N) is 5. The summed E-state index contributed by atoms with van der Waals surface area (Å²) < 4.78 is 24.1. The third-order valence-corrected chi connectivity index (χ3v) is 5.91. The van der Waals surface area contributed by atoms with Crippen LogP contribution in [-0.4, -0.2) is 45.2 Å². The maximum Gasteiger partial charge on any atom is 0.127 e. The van der Waals surface area contributed by atoms with Crippen LogP contribution in [0.1, 0.15) is 22.6 Å². The molecule has 4 aromatic rings. The molecule has 7 heteroatoms. The van der Waals surface area contributed by atoms with Gasteiger partial charge in [0.15, 0.2) is 0 Å². The summed E-state index contributed by atoms with van der Waals surface area (Å²) in [4.78, 5) is 2.09. The minimum atomic E-state index is -0.286. The minimum absolute atomic E-state index is 0.286. The summed E-state index contributed by atoms with van der Waals surface area (Å²) >= 11 is 0. The highest BCUT2D eigenvalue weighted by atomic mass is 19.1. The summed E-state index contributed by atoms with van der Waals surface area (Å²) in [5.41, 5.74) is 7.05. The van der Waals surface area contributed by atoms with Crippen molar-refractivity contribution in [3.05, 3.63) is 64.9 Å². The largest absolute Gasteiger partial charge is 0.493 e. The van der Waals surface area contributed by atoms with E-state index in [-0.39, 0.29) is 5.82 Å². The predicted molar refractivity (Wildman–Crippen MR) is 125 cm³/mol. The van der Waals surface area contributed by atoms with E-state index in [0.717, 1.165) is 52.1 Å². The molecular formula is C25H30FN5O. The quantitative estimate of drug-likeness (QED) is 0.431. The van der Waals surface area contributed by atoms with E-state index in [4.69, 9.17) is 4.74 Å². The smallest absolute Gasteiger partial charge is 0.127 e. The number of aromatic nitrogens is 4. The zero-order valence-corrected chi connectivity index (χ0v) is 19.6. The van der Waals surface area contributed by atoms with E-state index in [1.54, 1.807) is 12.1 Å². The van der Waals surface area contributed by atoms with Gasteiger partial charge in [-0.3, -0.25) is 9.36 Å². The Morgan fingerprint density at radius 3 is 2.47 bits per heavy atom. The van der Waals surface area contributed by atoms with E-state index >= 15 is 0 Å². The SMILES string of the molecule is Cc1nn(C)c(C)c1CCOc1ccc(F)cc1-c1ccc2c(c1)c(CN(C)C)nn2C. The average molecular weight is 436 g/mol. The molecule has 0 unspecified atom stereocenters. The number of aryl methyl sites for hydroxylation is 3. The van der Waals surface area contributed by atoms with Gasteiger partial charge in [0, 0.05) is 43.7 Å². The number of hydrogen-bond acceptors (Lipinski definition) is 4. The number of halogens is 1. The molecule has 6 nitrogen and oxygen atoms in total. The van der Waals surface area contributed by atoms with Gasteiger partial charge in [-0.2, -0.15) is 10.2 Å². The van der Waals surface area contributed by atoms with Crippen LogP contribution in [0.3, 0.4) is 0 Å². The molecule has 4 rings (SSSR count). The van der Waals surface area contributed by atoms with Gasteiger partial charge in [0.2, 0.25) is 0 Å². The normalized spacial score (nSPS) is 11.6. The molecule has 2 heterocycles. The maximum absolute atomic E-state index is 14.2. The highest BCUT2D eigenvalue weighted by Gasteiger charge is 2.15. The number of benzene rings is 2. The van der Waals surface area contributed by atoms with Crippen LogP contribution < -0.4 is 4.74 Å². The van der Waals surface area contributed by atoms with Crippen molar-refractivity contribution in [3.8, 4) is 16.9 Å². The zero-order chi connectivity index (χ0) is 23.0. The van der Waals surface area contributed by atoms with Crippen LogP contribution in [0.5, 0.6) is 5.75 Å². The van der Waals surface area contributed by atoms with Crippen molar-refractivity contribution < 1.29 is 9.13 Å². The lowest BCUT2D eigenvalue weighted by Crippen LogP contribution is -2.11. The molecule has 32 heavy (non-hydrogen) atoms. The van der Waals surface area contributed by atoms with E-state index < -0.39 is 0 Å². The van der Waals surface area contributed by atoms with Crippen LogP contribution >= 0.6 is 0 Å². The second kappa shape index (κ2) is 8.74. The molecule has 0 saturated carbocycles. The molecule has 0 aliphatic heterocycles. The van der Waals surface area contributed by atoms with Gasteiger partial charge in [-0.15, -0.1) is 0 Å². The number of fused-ring (bicyclic) bond motifs is 1. The van der Waals surface area contributed by atoms with Crippen LogP contribution in [0.4, 0.5) is 4.39 Å². The molecule has 2 aromatic carbocycles. The van der Waals surface area contributed by atoms with Gasteiger partial charge >= 0.3 is 0 Å². The van der Waals surface area contributed by atoms with Crippen LogP contribution in [0.25, 0.3) is 22.0 Å². The molecule has 0 fully saturated rings. The molecule has 0 N–H and O–H groups in total. The second-order valence-corrected chi connectivity index (χ2v) is 8.55. The summed E-state index contributed by atoms with van der Waals surface area (Å²) in [5, 5.41) is 10.2. The van der Waals surface area contributed by atoms with Crippen molar-refractivity contribution in [2.24, 2.45) is 14.1 Å². The molecule has 0 aliphatic rings. The van der Waals surface area contributed by atoms with Gasteiger partial charge < -0.3 is 9.64 Å². The molecule has 0 amide bonds.